The van der Waals surface area contributed by atoms with Gasteiger partial charge in [0.2, 0.25) is 0 Å². The smallest absolute Gasteiger partial charge is 0.268 e. The van der Waals surface area contributed by atoms with Crippen molar-refractivity contribution in [2.75, 3.05) is 0 Å². The molecule has 2 rings (SSSR count). The summed E-state index contributed by atoms with van der Waals surface area (Å²) in [6, 6.07) is 15.1. The van der Waals surface area contributed by atoms with Crippen LogP contribution < -0.4 is 4.74 Å². The highest BCUT2D eigenvalue weighted by molar-refractivity contribution is 5.34. The molecular weight excluding hydrogens is 238 g/mol. The SMILES string of the molecule is OC(c1cccc(Oc2ccccc2)c1)C(F)F. The molecule has 94 valence electrons. The number of aliphatic hydroxyl groups excluding tert-OH is 1. The summed E-state index contributed by atoms with van der Waals surface area (Å²) >= 11 is 0. The van der Waals surface area contributed by atoms with Gasteiger partial charge in [0.25, 0.3) is 6.43 Å². The van der Waals surface area contributed by atoms with Crippen molar-refractivity contribution in [3.05, 3.63) is 60.2 Å². The lowest BCUT2D eigenvalue weighted by atomic mass is 10.1. The van der Waals surface area contributed by atoms with Gasteiger partial charge in [0.1, 0.15) is 17.6 Å². The van der Waals surface area contributed by atoms with Gasteiger partial charge >= 0.3 is 0 Å². The summed E-state index contributed by atoms with van der Waals surface area (Å²) in [6.45, 7) is 0. The fourth-order valence-corrected chi connectivity index (χ4v) is 1.53. The lowest BCUT2D eigenvalue weighted by Crippen LogP contribution is -2.07. The molecule has 2 aromatic carbocycles. The minimum Gasteiger partial charge on any atom is -0.457 e. The molecule has 0 radical (unpaired) electrons. The Morgan fingerprint density at radius 2 is 1.56 bits per heavy atom. The van der Waals surface area contributed by atoms with E-state index in [1.54, 1.807) is 24.3 Å². The number of hydrogen-bond donors (Lipinski definition) is 1. The van der Waals surface area contributed by atoms with E-state index in [1.165, 1.54) is 12.1 Å². The molecular formula is C14H12F2O2. The Hall–Kier alpha value is -1.94. The maximum atomic E-state index is 12.4. The zero-order chi connectivity index (χ0) is 13.0. The van der Waals surface area contributed by atoms with Crippen molar-refractivity contribution >= 4 is 0 Å². The van der Waals surface area contributed by atoms with Crippen molar-refractivity contribution < 1.29 is 18.6 Å². The number of para-hydroxylation sites is 1. The molecule has 0 bridgehead atoms. The molecule has 0 spiro atoms. The second-order valence-electron chi connectivity index (χ2n) is 3.77. The average Bonchev–Trinajstić information content (AvgIpc) is 2.39. The molecule has 2 nitrogen and oxygen atoms in total. The van der Waals surface area contributed by atoms with Gasteiger partial charge in [0.15, 0.2) is 0 Å². The fourth-order valence-electron chi connectivity index (χ4n) is 1.53. The number of ether oxygens (including phenoxy) is 1. The van der Waals surface area contributed by atoms with Crippen LogP contribution in [0, 0.1) is 0 Å². The van der Waals surface area contributed by atoms with Crippen molar-refractivity contribution in [2.24, 2.45) is 0 Å². The molecule has 0 amide bonds. The van der Waals surface area contributed by atoms with Crippen LogP contribution in [0.4, 0.5) is 8.78 Å². The Morgan fingerprint density at radius 3 is 2.22 bits per heavy atom. The number of rotatable bonds is 4. The third-order valence-corrected chi connectivity index (χ3v) is 2.42. The van der Waals surface area contributed by atoms with Crippen molar-refractivity contribution in [3.63, 3.8) is 0 Å². The molecule has 2 aromatic rings. The molecule has 4 heteroatoms. The molecule has 18 heavy (non-hydrogen) atoms. The third kappa shape index (κ3) is 3.05. The van der Waals surface area contributed by atoms with Gasteiger partial charge in [-0.2, -0.15) is 0 Å². The van der Waals surface area contributed by atoms with Crippen LogP contribution in [0.1, 0.15) is 11.7 Å². The summed E-state index contributed by atoms with van der Waals surface area (Å²) in [5.74, 6) is 1.03. The Kier molecular flexibility index (Phi) is 3.89. The van der Waals surface area contributed by atoms with Crippen LogP contribution in [0.2, 0.25) is 0 Å². The van der Waals surface area contributed by atoms with Gasteiger partial charge in [-0.15, -0.1) is 0 Å². The van der Waals surface area contributed by atoms with Gasteiger partial charge in [0.05, 0.1) is 0 Å². The maximum Gasteiger partial charge on any atom is 0.268 e. The molecule has 0 aliphatic carbocycles. The number of hydrogen-bond acceptors (Lipinski definition) is 2. The first-order valence-electron chi connectivity index (χ1n) is 5.46. The van der Waals surface area contributed by atoms with Crippen molar-refractivity contribution in [3.8, 4) is 11.5 Å². The first kappa shape index (κ1) is 12.5. The first-order valence-corrected chi connectivity index (χ1v) is 5.46. The summed E-state index contributed by atoms with van der Waals surface area (Å²) in [5.41, 5.74) is 0.137. The van der Waals surface area contributed by atoms with Gasteiger partial charge in [-0.1, -0.05) is 30.3 Å². The third-order valence-electron chi connectivity index (χ3n) is 2.42. The van der Waals surface area contributed by atoms with Crippen LogP contribution in [-0.4, -0.2) is 11.5 Å². The standard InChI is InChI=1S/C14H12F2O2/c15-14(16)13(17)10-5-4-8-12(9-10)18-11-6-2-1-3-7-11/h1-9,13-14,17H. The minimum absolute atomic E-state index is 0.137. The molecule has 0 saturated carbocycles. The van der Waals surface area contributed by atoms with E-state index in [-0.39, 0.29) is 5.56 Å². The zero-order valence-electron chi connectivity index (χ0n) is 9.46. The highest BCUT2D eigenvalue weighted by Crippen LogP contribution is 2.26. The molecule has 1 unspecified atom stereocenters. The lowest BCUT2D eigenvalue weighted by Gasteiger charge is -2.11. The summed E-state index contributed by atoms with van der Waals surface area (Å²) in [4.78, 5) is 0. The average molecular weight is 250 g/mol. The number of aliphatic hydroxyl groups is 1. The number of benzene rings is 2. The molecule has 1 atom stereocenters. The van der Waals surface area contributed by atoms with Crippen LogP contribution in [-0.2, 0) is 0 Å². The summed E-state index contributed by atoms with van der Waals surface area (Å²) in [6.07, 6.45) is -4.60. The van der Waals surface area contributed by atoms with Crippen molar-refractivity contribution in [2.45, 2.75) is 12.5 Å². The van der Waals surface area contributed by atoms with Gasteiger partial charge in [-0.25, -0.2) is 8.78 Å². The largest absolute Gasteiger partial charge is 0.457 e. The van der Waals surface area contributed by atoms with E-state index < -0.39 is 12.5 Å². The lowest BCUT2D eigenvalue weighted by molar-refractivity contribution is -0.00584. The molecule has 0 heterocycles. The van der Waals surface area contributed by atoms with E-state index in [9.17, 15) is 13.9 Å². The summed E-state index contributed by atoms with van der Waals surface area (Å²) in [7, 11) is 0. The van der Waals surface area contributed by atoms with E-state index in [1.807, 2.05) is 18.2 Å². The first-order chi connectivity index (χ1) is 8.66. The zero-order valence-corrected chi connectivity index (χ0v) is 9.46. The fraction of sp³-hybridized carbons (Fsp3) is 0.143. The van der Waals surface area contributed by atoms with Crippen LogP contribution >= 0.6 is 0 Å². The van der Waals surface area contributed by atoms with Gasteiger partial charge in [0, 0.05) is 0 Å². The van der Waals surface area contributed by atoms with E-state index in [0.29, 0.717) is 11.5 Å². The van der Waals surface area contributed by atoms with Crippen LogP contribution in [0.25, 0.3) is 0 Å². The minimum atomic E-state index is -2.81. The Labute approximate surface area is 103 Å². The highest BCUT2D eigenvalue weighted by Gasteiger charge is 2.19. The van der Waals surface area contributed by atoms with Gasteiger partial charge in [-0.05, 0) is 29.8 Å². The predicted molar refractivity (Wildman–Crippen MR) is 63.9 cm³/mol. The quantitative estimate of drug-likeness (QED) is 0.894. The van der Waals surface area contributed by atoms with Crippen molar-refractivity contribution in [1.82, 2.24) is 0 Å². The molecule has 0 saturated heterocycles. The molecule has 1 N–H and O–H groups in total. The Morgan fingerprint density at radius 1 is 0.889 bits per heavy atom. The Balaban J connectivity index is 2.18. The monoisotopic (exact) mass is 250 g/mol. The Bertz CT molecular complexity index is 500. The number of halogens is 2. The van der Waals surface area contributed by atoms with E-state index >= 15 is 0 Å². The maximum absolute atomic E-state index is 12.4. The van der Waals surface area contributed by atoms with Crippen LogP contribution in [0.15, 0.2) is 54.6 Å². The molecule has 0 aliphatic rings. The van der Waals surface area contributed by atoms with Crippen LogP contribution in [0.3, 0.4) is 0 Å². The normalized spacial score (nSPS) is 12.4. The van der Waals surface area contributed by atoms with E-state index in [0.717, 1.165) is 0 Å². The van der Waals surface area contributed by atoms with Crippen molar-refractivity contribution in [1.29, 1.82) is 0 Å². The summed E-state index contributed by atoms with van der Waals surface area (Å²) < 4.78 is 30.3. The second kappa shape index (κ2) is 5.60. The van der Waals surface area contributed by atoms with E-state index in [4.69, 9.17) is 4.74 Å². The summed E-state index contributed by atoms with van der Waals surface area (Å²) in [5, 5.41) is 9.28. The van der Waals surface area contributed by atoms with Gasteiger partial charge < -0.3 is 9.84 Å². The topological polar surface area (TPSA) is 29.5 Å². The molecule has 0 fully saturated rings. The highest BCUT2D eigenvalue weighted by atomic mass is 19.3. The molecule has 0 aliphatic heterocycles. The molecule has 0 aromatic heterocycles. The number of alkyl halides is 2. The second-order valence-corrected chi connectivity index (χ2v) is 3.77. The van der Waals surface area contributed by atoms with Gasteiger partial charge in [-0.3, -0.25) is 0 Å². The van der Waals surface area contributed by atoms with E-state index in [2.05, 4.69) is 0 Å². The predicted octanol–water partition coefficient (Wildman–Crippen LogP) is 3.78. The van der Waals surface area contributed by atoms with Crippen LogP contribution in [0.5, 0.6) is 11.5 Å².